The molecule has 2 heteroatoms. The van der Waals surface area contributed by atoms with Gasteiger partial charge in [0.2, 0.25) is 0 Å². The average molecular weight is 218 g/mol. The third-order valence-corrected chi connectivity index (χ3v) is 3.70. The number of hydrogen-bond acceptors (Lipinski definition) is 2. The molecule has 0 spiro atoms. The van der Waals surface area contributed by atoms with Crippen LogP contribution < -0.4 is 4.74 Å². The van der Waals surface area contributed by atoms with Crippen molar-refractivity contribution in [2.24, 2.45) is 5.41 Å². The van der Waals surface area contributed by atoms with Gasteiger partial charge in [0.15, 0.2) is 0 Å². The second kappa shape index (κ2) is 4.28. The molecule has 1 aliphatic rings. The van der Waals surface area contributed by atoms with E-state index in [0.717, 1.165) is 31.4 Å². The molecule has 0 saturated heterocycles. The molecule has 1 aromatic rings. The van der Waals surface area contributed by atoms with Gasteiger partial charge in [0.05, 0.1) is 7.11 Å². The minimum absolute atomic E-state index is 0.0417. The first kappa shape index (κ1) is 11.2. The molecular weight excluding hydrogens is 200 g/mol. The lowest BCUT2D eigenvalue weighted by atomic mass is 9.66. The Morgan fingerprint density at radius 1 is 1.31 bits per heavy atom. The fourth-order valence-electron chi connectivity index (χ4n) is 2.13. The predicted molar refractivity (Wildman–Crippen MR) is 63.7 cm³/mol. The van der Waals surface area contributed by atoms with Crippen LogP contribution in [0.4, 0.5) is 0 Å². The molecule has 0 radical (unpaired) electrons. The SMILES string of the molecule is COc1ccc(CCC2(C)CCC2=O)cc1. The maximum absolute atomic E-state index is 11.5. The quantitative estimate of drug-likeness (QED) is 0.776. The molecule has 0 aromatic heterocycles. The lowest BCUT2D eigenvalue weighted by Gasteiger charge is -2.36. The van der Waals surface area contributed by atoms with Gasteiger partial charge in [-0.3, -0.25) is 4.79 Å². The minimum Gasteiger partial charge on any atom is -0.497 e. The Morgan fingerprint density at radius 3 is 2.44 bits per heavy atom. The van der Waals surface area contributed by atoms with Crippen molar-refractivity contribution in [2.45, 2.75) is 32.6 Å². The number of methoxy groups -OCH3 is 1. The van der Waals surface area contributed by atoms with Gasteiger partial charge >= 0.3 is 0 Å². The highest BCUT2D eigenvalue weighted by molar-refractivity contribution is 5.89. The Morgan fingerprint density at radius 2 is 2.00 bits per heavy atom. The molecule has 1 aromatic carbocycles. The van der Waals surface area contributed by atoms with Crippen LogP contribution in [-0.2, 0) is 11.2 Å². The van der Waals surface area contributed by atoms with E-state index in [4.69, 9.17) is 4.74 Å². The number of rotatable bonds is 4. The summed E-state index contributed by atoms with van der Waals surface area (Å²) in [6.07, 6.45) is 3.78. The number of Topliss-reactive ketones (excluding diaryl/α,β-unsaturated/α-hetero) is 1. The van der Waals surface area contributed by atoms with Gasteiger partial charge in [0.25, 0.3) is 0 Å². The summed E-state index contributed by atoms with van der Waals surface area (Å²) in [7, 11) is 1.67. The van der Waals surface area contributed by atoms with Crippen LogP contribution in [0.25, 0.3) is 0 Å². The van der Waals surface area contributed by atoms with Crippen molar-refractivity contribution < 1.29 is 9.53 Å². The Labute approximate surface area is 96.6 Å². The summed E-state index contributed by atoms with van der Waals surface area (Å²) >= 11 is 0. The molecule has 2 rings (SSSR count). The van der Waals surface area contributed by atoms with Crippen LogP contribution in [0.15, 0.2) is 24.3 Å². The summed E-state index contributed by atoms with van der Waals surface area (Å²) in [5, 5.41) is 0. The van der Waals surface area contributed by atoms with E-state index in [1.54, 1.807) is 7.11 Å². The molecule has 0 bridgehead atoms. The molecule has 1 saturated carbocycles. The van der Waals surface area contributed by atoms with Crippen LogP contribution >= 0.6 is 0 Å². The summed E-state index contributed by atoms with van der Waals surface area (Å²) < 4.78 is 5.11. The Bertz CT molecular complexity index is 380. The summed E-state index contributed by atoms with van der Waals surface area (Å²) in [4.78, 5) is 11.5. The van der Waals surface area contributed by atoms with Gasteiger partial charge in [-0.1, -0.05) is 19.1 Å². The van der Waals surface area contributed by atoms with Crippen LogP contribution in [0.3, 0.4) is 0 Å². The van der Waals surface area contributed by atoms with Crippen molar-refractivity contribution in [1.29, 1.82) is 0 Å². The van der Waals surface area contributed by atoms with Crippen molar-refractivity contribution in [2.75, 3.05) is 7.11 Å². The van der Waals surface area contributed by atoms with Gasteiger partial charge in [-0.15, -0.1) is 0 Å². The molecule has 0 N–H and O–H groups in total. The van der Waals surface area contributed by atoms with Crippen molar-refractivity contribution >= 4 is 5.78 Å². The normalized spacial score (nSPS) is 24.0. The zero-order valence-electron chi connectivity index (χ0n) is 9.95. The van der Waals surface area contributed by atoms with Crippen molar-refractivity contribution in [3.63, 3.8) is 0 Å². The fraction of sp³-hybridized carbons (Fsp3) is 0.500. The van der Waals surface area contributed by atoms with E-state index < -0.39 is 0 Å². The largest absolute Gasteiger partial charge is 0.497 e. The summed E-state index contributed by atoms with van der Waals surface area (Å²) in [5.74, 6) is 1.32. The third kappa shape index (κ3) is 2.11. The van der Waals surface area contributed by atoms with E-state index in [0.29, 0.717) is 5.78 Å². The summed E-state index contributed by atoms with van der Waals surface area (Å²) in [5.41, 5.74) is 1.24. The van der Waals surface area contributed by atoms with E-state index in [2.05, 4.69) is 19.1 Å². The van der Waals surface area contributed by atoms with E-state index in [1.165, 1.54) is 5.56 Å². The lowest BCUT2D eigenvalue weighted by Crippen LogP contribution is -2.38. The molecule has 0 heterocycles. The average Bonchev–Trinajstić information content (AvgIpc) is 2.34. The van der Waals surface area contributed by atoms with E-state index in [-0.39, 0.29) is 5.41 Å². The van der Waals surface area contributed by atoms with Crippen molar-refractivity contribution in [1.82, 2.24) is 0 Å². The molecule has 1 fully saturated rings. The van der Waals surface area contributed by atoms with Gasteiger partial charge in [-0.2, -0.15) is 0 Å². The first-order chi connectivity index (χ1) is 7.64. The smallest absolute Gasteiger partial charge is 0.138 e. The number of hydrogen-bond donors (Lipinski definition) is 0. The molecule has 1 unspecified atom stereocenters. The van der Waals surface area contributed by atoms with Crippen molar-refractivity contribution in [3.05, 3.63) is 29.8 Å². The molecule has 2 nitrogen and oxygen atoms in total. The molecule has 86 valence electrons. The summed E-state index contributed by atoms with van der Waals surface area (Å²) in [6.45, 7) is 2.09. The minimum atomic E-state index is -0.0417. The fourth-order valence-corrected chi connectivity index (χ4v) is 2.13. The lowest BCUT2D eigenvalue weighted by molar-refractivity contribution is -0.137. The number of carbonyl (C=O) groups excluding carboxylic acids is 1. The first-order valence-electron chi connectivity index (χ1n) is 5.80. The highest BCUT2D eigenvalue weighted by Gasteiger charge is 2.40. The van der Waals surface area contributed by atoms with Crippen LogP contribution in [0, 0.1) is 5.41 Å². The number of benzene rings is 1. The second-order valence-corrected chi connectivity index (χ2v) is 4.83. The van der Waals surface area contributed by atoms with E-state index in [1.807, 2.05) is 12.1 Å². The van der Waals surface area contributed by atoms with Crippen LogP contribution in [0.2, 0.25) is 0 Å². The molecule has 16 heavy (non-hydrogen) atoms. The standard InChI is InChI=1S/C14H18O2/c1-14(10-8-13(14)15)9-7-11-3-5-12(16-2)6-4-11/h3-6H,7-10H2,1-2H3. The zero-order chi connectivity index (χ0) is 11.6. The van der Waals surface area contributed by atoms with Crippen LogP contribution in [-0.4, -0.2) is 12.9 Å². The number of carbonyl (C=O) groups is 1. The number of ether oxygens (including phenoxy) is 1. The topological polar surface area (TPSA) is 26.3 Å². The van der Waals surface area contributed by atoms with Gasteiger partial charge in [-0.05, 0) is 37.0 Å². The number of aryl methyl sites for hydroxylation is 1. The maximum atomic E-state index is 11.5. The Kier molecular flexibility index (Phi) is 2.99. The zero-order valence-corrected chi connectivity index (χ0v) is 9.95. The van der Waals surface area contributed by atoms with Crippen LogP contribution in [0.5, 0.6) is 5.75 Å². The monoisotopic (exact) mass is 218 g/mol. The second-order valence-electron chi connectivity index (χ2n) is 4.83. The van der Waals surface area contributed by atoms with Gasteiger partial charge < -0.3 is 4.74 Å². The highest BCUT2D eigenvalue weighted by Crippen LogP contribution is 2.40. The molecule has 0 aliphatic heterocycles. The number of ketones is 1. The van der Waals surface area contributed by atoms with Gasteiger partial charge in [0.1, 0.15) is 11.5 Å². The van der Waals surface area contributed by atoms with Gasteiger partial charge in [0, 0.05) is 11.8 Å². The molecular formula is C14H18O2. The van der Waals surface area contributed by atoms with E-state index >= 15 is 0 Å². The third-order valence-electron chi connectivity index (χ3n) is 3.70. The highest BCUT2D eigenvalue weighted by atomic mass is 16.5. The molecule has 0 amide bonds. The Hall–Kier alpha value is -1.31. The van der Waals surface area contributed by atoms with Crippen LogP contribution in [0.1, 0.15) is 31.7 Å². The molecule has 1 atom stereocenters. The Balaban J connectivity index is 1.92. The van der Waals surface area contributed by atoms with E-state index in [9.17, 15) is 4.79 Å². The maximum Gasteiger partial charge on any atom is 0.138 e. The van der Waals surface area contributed by atoms with Gasteiger partial charge in [-0.25, -0.2) is 0 Å². The van der Waals surface area contributed by atoms with Crippen molar-refractivity contribution in [3.8, 4) is 5.75 Å². The molecule has 1 aliphatic carbocycles. The first-order valence-corrected chi connectivity index (χ1v) is 5.80. The predicted octanol–water partition coefficient (Wildman–Crippen LogP) is 3.00. The summed E-state index contributed by atoms with van der Waals surface area (Å²) in [6, 6.07) is 8.09.